The van der Waals surface area contributed by atoms with Crippen LogP contribution in [0.15, 0.2) is 53.3 Å². The van der Waals surface area contributed by atoms with E-state index in [4.69, 9.17) is 4.42 Å². The summed E-state index contributed by atoms with van der Waals surface area (Å²) >= 11 is 1.76. The van der Waals surface area contributed by atoms with Crippen LogP contribution in [0, 0.1) is 0 Å². The van der Waals surface area contributed by atoms with Crippen molar-refractivity contribution in [3.05, 3.63) is 60.2 Å². The van der Waals surface area contributed by atoms with Crippen LogP contribution in [0.4, 0.5) is 0 Å². The Morgan fingerprint density at radius 2 is 2.13 bits per heavy atom. The van der Waals surface area contributed by atoms with E-state index < -0.39 is 0 Å². The standard InChI is InChI=1S/C18H20N2O2S/c21-18(19-9-11-23-13-15-4-3-10-22-15)8-7-14-12-20-17-6-2-1-5-16(14)17/h1-6,10,12,20H,7-9,11,13H2,(H,19,21). The molecule has 5 heteroatoms. The van der Waals surface area contributed by atoms with Gasteiger partial charge in [0.2, 0.25) is 5.91 Å². The number of nitrogens with one attached hydrogen (secondary N) is 2. The minimum Gasteiger partial charge on any atom is -0.468 e. The van der Waals surface area contributed by atoms with Crippen molar-refractivity contribution in [2.75, 3.05) is 12.3 Å². The second kappa shape index (κ2) is 7.92. The van der Waals surface area contributed by atoms with E-state index in [2.05, 4.69) is 22.4 Å². The van der Waals surface area contributed by atoms with Gasteiger partial charge < -0.3 is 14.7 Å². The van der Waals surface area contributed by atoms with Crippen molar-refractivity contribution in [2.24, 2.45) is 0 Å². The summed E-state index contributed by atoms with van der Waals surface area (Å²) in [5.74, 6) is 2.81. The molecule has 4 nitrogen and oxygen atoms in total. The summed E-state index contributed by atoms with van der Waals surface area (Å²) in [5.41, 5.74) is 2.32. The Kier molecular flexibility index (Phi) is 5.42. The van der Waals surface area contributed by atoms with Crippen molar-refractivity contribution in [3.8, 4) is 0 Å². The summed E-state index contributed by atoms with van der Waals surface area (Å²) in [6, 6.07) is 12.0. The van der Waals surface area contributed by atoms with Crippen molar-refractivity contribution in [1.82, 2.24) is 10.3 Å². The Hall–Kier alpha value is -2.14. The van der Waals surface area contributed by atoms with Crippen LogP contribution in [0.25, 0.3) is 10.9 Å². The molecule has 0 unspecified atom stereocenters. The Morgan fingerprint density at radius 3 is 3.00 bits per heavy atom. The number of para-hydroxylation sites is 1. The Morgan fingerprint density at radius 1 is 1.22 bits per heavy atom. The van der Waals surface area contributed by atoms with E-state index in [1.165, 1.54) is 10.9 Å². The van der Waals surface area contributed by atoms with E-state index in [0.29, 0.717) is 13.0 Å². The monoisotopic (exact) mass is 328 g/mol. The average Bonchev–Trinajstić information content (AvgIpc) is 3.22. The molecule has 0 fully saturated rings. The highest BCUT2D eigenvalue weighted by atomic mass is 32.2. The summed E-state index contributed by atoms with van der Waals surface area (Å²) in [4.78, 5) is 15.2. The molecule has 0 spiro atoms. The predicted molar refractivity (Wildman–Crippen MR) is 94.5 cm³/mol. The largest absolute Gasteiger partial charge is 0.468 e. The highest BCUT2D eigenvalue weighted by Gasteiger charge is 2.06. The quantitative estimate of drug-likeness (QED) is 0.619. The number of carbonyl (C=O) groups is 1. The van der Waals surface area contributed by atoms with Crippen LogP contribution in [0.3, 0.4) is 0 Å². The summed E-state index contributed by atoms with van der Waals surface area (Å²) in [6.45, 7) is 0.693. The van der Waals surface area contributed by atoms with Crippen molar-refractivity contribution >= 4 is 28.6 Å². The number of aryl methyl sites for hydroxylation is 1. The molecule has 0 saturated heterocycles. The predicted octanol–water partition coefficient (Wildman–Crippen LogP) is 3.74. The molecule has 3 aromatic rings. The number of benzene rings is 1. The maximum Gasteiger partial charge on any atom is 0.220 e. The molecule has 2 N–H and O–H groups in total. The number of fused-ring (bicyclic) bond motifs is 1. The van der Waals surface area contributed by atoms with Gasteiger partial charge in [0.15, 0.2) is 0 Å². The number of amides is 1. The lowest BCUT2D eigenvalue weighted by molar-refractivity contribution is -0.120. The molecule has 2 aromatic heterocycles. The van der Waals surface area contributed by atoms with Gasteiger partial charge in [-0.25, -0.2) is 0 Å². The van der Waals surface area contributed by atoms with Crippen LogP contribution < -0.4 is 5.32 Å². The van der Waals surface area contributed by atoms with Crippen molar-refractivity contribution in [3.63, 3.8) is 0 Å². The number of aromatic amines is 1. The van der Waals surface area contributed by atoms with E-state index in [-0.39, 0.29) is 5.91 Å². The van der Waals surface area contributed by atoms with Crippen LogP contribution >= 0.6 is 11.8 Å². The maximum atomic E-state index is 11.9. The summed E-state index contributed by atoms with van der Waals surface area (Å²) in [7, 11) is 0. The van der Waals surface area contributed by atoms with Gasteiger partial charge in [-0.3, -0.25) is 4.79 Å². The SMILES string of the molecule is O=C(CCc1c[nH]c2ccccc12)NCCSCc1ccco1. The Balaban J connectivity index is 1.35. The lowest BCUT2D eigenvalue weighted by atomic mass is 10.1. The van der Waals surface area contributed by atoms with Gasteiger partial charge in [0.05, 0.1) is 12.0 Å². The number of hydrogen-bond donors (Lipinski definition) is 2. The topological polar surface area (TPSA) is 58.0 Å². The zero-order valence-corrected chi connectivity index (χ0v) is 13.7. The fourth-order valence-corrected chi connectivity index (χ4v) is 3.26. The molecule has 23 heavy (non-hydrogen) atoms. The molecule has 0 aliphatic carbocycles. The Bertz CT molecular complexity index is 749. The number of rotatable bonds is 8. The summed E-state index contributed by atoms with van der Waals surface area (Å²) in [5, 5.41) is 4.18. The second-order valence-corrected chi connectivity index (χ2v) is 6.45. The molecular formula is C18H20N2O2S. The molecule has 3 rings (SSSR count). The van der Waals surface area contributed by atoms with E-state index in [1.54, 1.807) is 18.0 Å². The van der Waals surface area contributed by atoms with E-state index in [0.717, 1.165) is 29.2 Å². The van der Waals surface area contributed by atoms with Crippen LogP contribution in [0.1, 0.15) is 17.7 Å². The van der Waals surface area contributed by atoms with Crippen LogP contribution in [-0.2, 0) is 17.0 Å². The molecule has 0 aliphatic rings. The van der Waals surface area contributed by atoms with Crippen molar-refractivity contribution in [2.45, 2.75) is 18.6 Å². The minimum atomic E-state index is 0.105. The molecule has 1 amide bonds. The zero-order chi connectivity index (χ0) is 15.9. The normalized spacial score (nSPS) is 11.0. The highest BCUT2D eigenvalue weighted by molar-refractivity contribution is 7.98. The average molecular weight is 328 g/mol. The number of H-pyrrole nitrogens is 1. The van der Waals surface area contributed by atoms with Gasteiger partial charge in [0.25, 0.3) is 0 Å². The summed E-state index contributed by atoms with van der Waals surface area (Å²) < 4.78 is 5.27. The number of thioether (sulfide) groups is 1. The van der Waals surface area contributed by atoms with Gasteiger partial charge in [-0.1, -0.05) is 18.2 Å². The molecule has 120 valence electrons. The van der Waals surface area contributed by atoms with Gasteiger partial charge in [0.1, 0.15) is 5.76 Å². The molecule has 2 heterocycles. The van der Waals surface area contributed by atoms with Crippen LogP contribution in [0.2, 0.25) is 0 Å². The third kappa shape index (κ3) is 4.42. The summed E-state index contributed by atoms with van der Waals surface area (Å²) in [6.07, 6.45) is 4.96. The molecule has 0 bridgehead atoms. The third-order valence-electron chi connectivity index (χ3n) is 3.69. The number of hydrogen-bond acceptors (Lipinski definition) is 3. The molecule has 1 aromatic carbocycles. The molecule has 0 radical (unpaired) electrons. The van der Waals surface area contributed by atoms with Crippen molar-refractivity contribution in [1.29, 1.82) is 0 Å². The van der Waals surface area contributed by atoms with Gasteiger partial charge in [0, 0.05) is 35.8 Å². The van der Waals surface area contributed by atoms with Crippen molar-refractivity contribution < 1.29 is 9.21 Å². The molecule has 0 saturated carbocycles. The smallest absolute Gasteiger partial charge is 0.220 e. The first kappa shape index (κ1) is 15.7. The van der Waals surface area contributed by atoms with E-state index >= 15 is 0 Å². The second-order valence-electron chi connectivity index (χ2n) is 5.34. The minimum absolute atomic E-state index is 0.105. The number of aromatic nitrogens is 1. The first-order valence-corrected chi connectivity index (χ1v) is 8.90. The fraction of sp³-hybridized carbons (Fsp3) is 0.278. The highest BCUT2D eigenvalue weighted by Crippen LogP contribution is 2.18. The molecule has 0 aliphatic heterocycles. The lowest BCUT2D eigenvalue weighted by Crippen LogP contribution is -2.25. The first-order chi connectivity index (χ1) is 11.3. The fourth-order valence-electron chi connectivity index (χ4n) is 2.51. The number of furan rings is 1. The van der Waals surface area contributed by atoms with Crippen LogP contribution in [-0.4, -0.2) is 23.2 Å². The molecular weight excluding hydrogens is 308 g/mol. The third-order valence-corrected chi connectivity index (χ3v) is 4.67. The van der Waals surface area contributed by atoms with Gasteiger partial charge in [-0.2, -0.15) is 11.8 Å². The van der Waals surface area contributed by atoms with E-state index in [9.17, 15) is 4.79 Å². The zero-order valence-electron chi connectivity index (χ0n) is 12.9. The maximum absolute atomic E-state index is 11.9. The van der Waals surface area contributed by atoms with Gasteiger partial charge in [-0.15, -0.1) is 0 Å². The van der Waals surface area contributed by atoms with E-state index in [1.807, 2.05) is 30.5 Å². The first-order valence-electron chi connectivity index (χ1n) is 7.75. The lowest BCUT2D eigenvalue weighted by Gasteiger charge is -2.04. The van der Waals surface area contributed by atoms with Gasteiger partial charge in [-0.05, 0) is 30.2 Å². The van der Waals surface area contributed by atoms with Crippen LogP contribution in [0.5, 0.6) is 0 Å². The molecule has 0 atom stereocenters. The van der Waals surface area contributed by atoms with Gasteiger partial charge >= 0.3 is 0 Å². The number of carbonyl (C=O) groups excluding carboxylic acids is 1. The Labute approximate surface area is 139 Å².